The third-order valence-electron chi connectivity index (χ3n) is 2.53. The zero-order valence-electron chi connectivity index (χ0n) is 10.0. The van der Waals surface area contributed by atoms with E-state index in [0.29, 0.717) is 11.1 Å². The fraction of sp³-hybridized carbons (Fsp3) is 0.154. The maximum Gasteiger partial charge on any atom is 0.266 e. The molecule has 5 heteroatoms. The third kappa shape index (κ3) is 1.74. The van der Waals surface area contributed by atoms with Crippen LogP contribution in [0.3, 0.4) is 0 Å². The number of carbonyl (C=O) groups is 2. The van der Waals surface area contributed by atoms with Crippen LogP contribution in [-0.2, 0) is 0 Å². The Labute approximate surface area is 105 Å². The number of imide groups is 1. The molecule has 0 atom stereocenters. The van der Waals surface area contributed by atoms with Crippen molar-refractivity contribution in [3.05, 3.63) is 47.3 Å². The summed E-state index contributed by atoms with van der Waals surface area (Å²) in [5, 5.41) is 9.06. The Morgan fingerprint density at radius 3 is 2.11 bits per heavy atom. The van der Waals surface area contributed by atoms with E-state index in [1.807, 2.05) is 6.07 Å². The standard InChI is InChI=1S/C13H11N3O2/c1-15(2)8-9(7-14)16-12(17)10-5-3-4-6-11(10)13(16)18/h3-6,8H,1-2H3. The van der Waals surface area contributed by atoms with Gasteiger partial charge in [0, 0.05) is 20.3 Å². The molecule has 1 aromatic carbocycles. The number of nitrogens with zero attached hydrogens (tertiary/aromatic N) is 3. The van der Waals surface area contributed by atoms with Gasteiger partial charge in [0.2, 0.25) is 0 Å². The van der Waals surface area contributed by atoms with Gasteiger partial charge in [-0.25, -0.2) is 4.90 Å². The van der Waals surface area contributed by atoms with E-state index in [1.165, 1.54) is 6.20 Å². The molecule has 0 aromatic heterocycles. The molecule has 0 spiro atoms. The van der Waals surface area contributed by atoms with Gasteiger partial charge in [-0.05, 0) is 12.1 Å². The van der Waals surface area contributed by atoms with Gasteiger partial charge in [-0.1, -0.05) is 12.1 Å². The quantitative estimate of drug-likeness (QED) is 0.576. The highest BCUT2D eigenvalue weighted by Crippen LogP contribution is 2.25. The monoisotopic (exact) mass is 241 g/mol. The van der Waals surface area contributed by atoms with Gasteiger partial charge in [0.05, 0.1) is 11.1 Å². The zero-order chi connectivity index (χ0) is 13.3. The summed E-state index contributed by atoms with van der Waals surface area (Å²) in [6.45, 7) is 0. The first kappa shape index (κ1) is 11.9. The van der Waals surface area contributed by atoms with Crippen molar-refractivity contribution < 1.29 is 9.59 Å². The van der Waals surface area contributed by atoms with E-state index < -0.39 is 11.8 Å². The van der Waals surface area contributed by atoms with Crippen molar-refractivity contribution >= 4 is 11.8 Å². The Balaban J connectivity index is 2.49. The lowest BCUT2D eigenvalue weighted by Crippen LogP contribution is -2.29. The van der Waals surface area contributed by atoms with Gasteiger partial charge in [0.25, 0.3) is 11.8 Å². The Bertz CT molecular complexity index is 561. The van der Waals surface area contributed by atoms with Crippen LogP contribution in [0.15, 0.2) is 36.2 Å². The third-order valence-corrected chi connectivity index (χ3v) is 2.53. The maximum atomic E-state index is 12.1. The van der Waals surface area contributed by atoms with Crippen molar-refractivity contribution in [1.82, 2.24) is 9.80 Å². The molecule has 0 N–H and O–H groups in total. The number of hydrogen-bond acceptors (Lipinski definition) is 4. The van der Waals surface area contributed by atoms with Gasteiger partial charge < -0.3 is 4.90 Å². The van der Waals surface area contributed by atoms with Gasteiger partial charge in [-0.2, -0.15) is 5.26 Å². The van der Waals surface area contributed by atoms with Gasteiger partial charge in [-0.3, -0.25) is 9.59 Å². The van der Waals surface area contributed by atoms with E-state index in [4.69, 9.17) is 5.26 Å². The Morgan fingerprint density at radius 2 is 1.72 bits per heavy atom. The molecule has 1 aliphatic rings. The predicted molar refractivity (Wildman–Crippen MR) is 64.3 cm³/mol. The Kier molecular flexibility index (Phi) is 2.86. The van der Waals surface area contributed by atoms with Gasteiger partial charge >= 0.3 is 0 Å². The molecule has 90 valence electrons. The highest BCUT2D eigenvalue weighted by atomic mass is 16.2. The van der Waals surface area contributed by atoms with Gasteiger partial charge in [0.15, 0.2) is 0 Å². The number of carbonyl (C=O) groups excluding carboxylic acids is 2. The van der Waals surface area contributed by atoms with Crippen molar-refractivity contribution in [1.29, 1.82) is 5.26 Å². The number of allylic oxidation sites excluding steroid dienone is 1. The highest BCUT2D eigenvalue weighted by molar-refractivity contribution is 6.22. The second kappa shape index (κ2) is 4.34. The van der Waals surface area contributed by atoms with Crippen molar-refractivity contribution in [2.24, 2.45) is 0 Å². The molecule has 1 aromatic rings. The predicted octanol–water partition coefficient (Wildman–Crippen LogP) is 1.21. The van der Waals surface area contributed by atoms with E-state index in [2.05, 4.69) is 0 Å². The number of fused-ring (bicyclic) bond motifs is 1. The molecule has 0 fully saturated rings. The van der Waals surface area contributed by atoms with Crippen LogP contribution in [0, 0.1) is 11.3 Å². The molecular formula is C13H11N3O2. The van der Waals surface area contributed by atoms with Gasteiger partial charge in [-0.15, -0.1) is 0 Å². The summed E-state index contributed by atoms with van der Waals surface area (Å²) in [7, 11) is 3.44. The van der Waals surface area contributed by atoms with Gasteiger partial charge in [0.1, 0.15) is 11.8 Å². The van der Waals surface area contributed by atoms with Crippen LogP contribution >= 0.6 is 0 Å². The topological polar surface area (TPSA) is 64.4 Å². The lowest BCUT2D eigenvalue weighted by atomic mass is 10.1. The molecule has 2 amide bonds. The van der Waals surface area contributed by atoms with Crippen molar-refractivity contribution in [3.63, 3.8) is 0 Å². The van der Waals surface area contributed by atoms with Crippen LogP contribution in [0.5, 0.6) is 0 Å². The van der Waals surface area contributed by atoms with Crippen molar-refractivity contribution in [3.8, 4) is 6.07 Å². The first-order chi connectivity index (χ1) is 8.56. The van der Waals surface area contributed by atoms with Crippen molar-refractivity contribution in [2.45, 2.75) is 0 Å². The molecule has 5 nitrogen and oxygen atoms in total. The lowest BCUT2D eigenvalue weighted by molar-refractivity contribution is 0.0709. The Hall–Kier alpha value is -2.61. The maximum absolute atomic E-state index is 12.1. The molecule has 0 aliphatic carbocycles. The summed E-state index contributed by atoms with van der Waals surface area (Å²) in [6.07, 6.45) is 1.45. The summed E-state index contributed by atoms with van der Waals surface area (Å²) >= 11 is 0. The molecule has 0 saturated carbocycles. The number of benzene rings is 1. The number of hydrogen-bond donors (Lipinski definition) is 0. The average molecular weight is 241 g/mol. The summed E-state index contributed by atoms with van der Waals surface area (Å²) in [6, 6.07) is 8.42. The number of amides is 2. The first-order valence-corrected chi connectivity index (χ1v) is 5.32. The van der Waals surface area contributed by atoms with Crippen LogP contribution in [0.1, 0.15) is 20.7 Å². The van der Waals surface area contributed by atoms with Crippen LogP contribution < -0.4 is 0 Å². The minimum Gasteiger partial charge on any atom is -0.381 e. The summed E-state index contributed by atoms with van der Waals surface area (Å²) in [5.74, 6) is -0.907. The summed E-state index contributed by atoms with van der Waals surface area (Å²) < 4.78 is 0. The molecule has 2 rings (SSSR count). The SMILES string of the molecule is CN(C)C=C(C#N)N1C(=O)c2ccccc2C1=O. The summed E-state index contributed by atoms with van der Waals surface area (Å²) in [4.78, 5) is 26.7. The minimum absolute atomic E-state index is 0.0196. The number of rotatable bonds is 2. The normalized spacial score (nSPS) is 14.5. The smallest absolute Gasteiger partial charge is 0.266 e. The molecule has 0 bridgehead atoms. The molecule has 1 aliphatic heterocycles. The fourth-order valence-electron chi connectivity index (χ4n) is 1.79. The first-order valence-electron chi connectivity index (χ1n) is 5.32. The lowest BCUT2D eigenvalue weighted by Gasteiger charge is -2.14. The molecule has 0 radical (unpaired) electrons. The largest absolute Gasteiger partial charge is 0.381 e. The van der Waals surface area contributed by atoms with E-state index in [9.17, 15) is 9.59 Å². The molecular weight excluding hydrogens is 230 g/mol. The van der Waals surface area contributed by atoms with E-state index in [-0.39, 0.29) is 5.70 Å². The minimum atomic E-state index is -0.453. The number of nitriles is 1. The highest BCUT2D eigenvalue weighted by Gasteiger charge is 2.37. The van der Waals surface area contributed by atoms with Crippen LogP contribution in [0.2, 0.25) is 0 Å². The zero-order valence-corrected chi connectivity index (χ0v) is 10.0. The molecule has 1 heterocycles. The summed E-state index contributed by atoms with van der Waals surface area (Å²) in [5.41, 5.74) is 0.691. The molecule has 18 heavy (non-hydrogen) atoms. The Morgan fingerprint density at radius 1 is 1.22 bits per heavy atom. The van der Waals surface area contributed by atoms with E-state index in [0.717, 1.165) is 4.90 Å². The van der Waals surface area contributed by atoms with Crippen molar-refractivity contribution in [2.75, 3.05) is 14.1 Å². The van der Waals surface area contributed by atoms with Crippen LogP contribution in [-0.4, -0.2) is 35.7 Å². The van der Waals surface area contributed by atoms with E-state index >= 15 is 0 Å². The van der Waals surface area contributed by atoms with Crippen LogP contribution in [0.25, 0.3) is 0 Å². The second-order valence-electron chi connectivity index (χ2n) is 4.08. The van der Waals surface area contributed by atoms with Crippen LogP contribution in [0.4, 0.5) is 0 Å². The average Bonchev–Trinajstić information content (AvgIpc) is 2.60. The fourth-order valence-corrected chi connectivity index (χ4v) is 1.79. The second-order valence-corrected chi connectivity index (χ2v) is 4.08. The molecule has 0 unspecified atom stereocenters. The molecule has 0 saturated heterocycles. The van der Waals surface area contributed by atoms with E-state index in [1.54, 1.807) is 43.3 Å².